The van der Waals surface area contributed by atoms with Gasteiger partial charge in [0.15, 0.2) is 0 Å². The number of nitrogens with one attached hydrogen (secondary N) is 2. The number of benzene rings is 1. The van der Waals surface area contributed by atoms with Crippen molar-refractivity contribution in [3.8, 4) is 0 Å². The van der Waals surface area contributed by atoms with Crippen LogP contribution in [-0.4, -0.2) is 36.3 Å². The SMILES string of the molecule is CNc1cccc2c1CN(C1CCC(=O)NC1)C2=O. The van der Waals surface area contributed by atoms with E-state index in [1.54, 1.807) is 0 Å². The van der Waals surface area contributed by atoms with Crippen molar-refractivity contribution in [2.24, 2.45) is 0 Å². The Morgan fingerprint density at radius 3 is 2.89 bits per heavy atom. The predicted molar refractivity (Wildman–Crippen MR) is 71.9 cm³/mol. The lowest BCUT2D eigenvalue weighted by molar-refractivity contribution is -0.123. The molecule has 19 heavy (non-hydrogen) atoms. The van der Waals surface area contributed by atoms with Gasteiger partial charge in [0.1, 0.15) is 0 Å². The van der Waals surface area contributed by atoms with E-state index in [0.717, 1.165) is 23.2 Å². The van der Waals surface area contributed by atoms with Crippen LogP contribution in [0.1, 0.15) is 28.8 Å². The third-order valence-corrected chi connectivity index (χ3v) is 3.95. The smallest absolute Gasteiger partial charge is 0.254 e. The highest BCUT2D eigenvalue weighted by Gasteiger charge is 2.35. The van der Waals surface area contributed by atoms with Crippen molar-refractivity contribution in [1.29, 1.82) is 0 Å². The Hall–Kier alpha value is -2.04. The molecule has 5 heteroatoms. The molecule has 2 aliphatic rings. The number of rotatable bonds is 2. The molecule has 0 bridgehead atoms. The molecule has 0 spiro atoms. The number of fused-ring (bicyclic) bond motifs is 1. The number of nitrogens with zero attached hydrogens (tertiary/aromatic N) is 1. The number of carbonyl (C=O) groups is 2. The number of carbonyl (C=O) groups excluding carboxylic acids is 2. The third-order valence-electron chi connectivity index (χ3n) is 3.95. The van der Waals surface area contributed by atoms with Crippen LogP contribution in [0.25, 0.3) is 0 Å². The van der Waals surface area contributed by atoms with E-state index in [9.17, 15) is 9.59 Å². The molecule has 0 aromatic heterocycles. The number of amides is 2. The zero-order valence-electron chi connectivity index (χ0n) is 10.9. The zero-order chi connectivity index (χ0) is 13.4. The Kier molecular flexibility index (Phi) is 2.89. The van der Waals surface area contributed by atoms with E-state index in [2.05, 4.69) is 10.6 Å². The molecule has 100 valence electrons. The fourth-order valence-corrected chi connectivity index (χ4v) is 2.87. The number of hydrogen-bond donors (Lipinski definition) is 2. The van der Waals surface area contributed by atoms with Crippen LogP contribution < -0.4 is 10.6 Å². The summed E-state index contributed by atoms with van der Waals surface area (Å²) in [6.07, 6.45) is 1.25. The van der Waals surface area contributed by atoms with Crippen molar-refractivity contribution in [2.45, 2.75) is 25.4 Å². The second kappa shape index (κ2) is 4.57. The van der Waals surface area contributed by atoms with Crippen LogP contribution in [0.4, 0.5) is 5.69 Å². The molecule has 2 aliphatic heterocycles. The van der Waals surface area contributed by atoms with Gasteiger partial charge in [0.25, 0.3) is 5.91 Å². The number of anilines is 1. The van der Waals surface area contributed by atoms with E-state index >= 15 is 0 Å². The highest BCUT2D eigenvalue weighted by Crippen LogP contribution is 2.31. The van der Waals surface area contributed by atoms with Crippen LogP contribution in [0, 0.1) is 0 Å². The lowest BCUT2D eigenvalue weighted by Gasteiger charge is -2.31. The Bertz CT molecular complexity index is 531. The molecule has 2 N–H and O–H groups in total. The Balaban J connectivity index is 1.85. The molecule has 0 saturated carbocycles. The van der Waals surface area contributed by atoms with Gasteiger partial charge < -0.3 is 15.5 Å². The lowest BCUT2D eigenvalue weighted by atomic mass is 10.1. The lowest BCUT2D eigenvalue weighted by Crippen LogP contribution is -2.48. The summed E-state index contributed by atoms with van der Waals surface area (Å²) in [5.74, 6) is 0.157. The number of hydrogen-bond acceptors (Lipinski definition) is 3. The monoisotopic (exact) mass is 259 g/mol. The first-order valence-electron chi connectivity index (χ1n) is 6.58. The van der Waals surface area contributed by atoms with E-state index in [4.69, 9.17) is 0 Å². The van der Waals surface area contributed by atoms with Crippen LogP contribution in [0.2, 0.25) is 0 Å². The summed E-state index contributed by atoms with van der Waals surface area (Å²) < 4.78 is 0. The highest BCUT2D eigenvalue weighted by atomic mass is 16.2. The second-order valence-corrected chi connectivity index (χ2v) is 5.01. The van der Waals surface area contributed by atoms with E-state index in [-0.39, 0.29) is 17.9 Å². The van der Waals surface area contributed by atoms with Crippen LogP contribution in [0.15, 0.2) is 18.2 Å². The van der Waals surface area contributed by atoms with Gasteiger partial charge in [-0.25, -0.2) is 0 Å². The van der Waals surface area contributed by atoms with Gasteiger partial charge in [-0.15, -0.1) is 0 Å². The van der Waals surface area contributed by atoms with Crippen LogP contribution in [0.5, 0.6) is 0 Å². The van der Waals surface area contributed by atoms with Crippen molar-refractivity contribution in [3.63, 3.8) is 0 Å². The molecule has 3 rings (SSSR count). The summed E-state index contributed by atoms with van der Waals surface area (Å²) in [6.45, 7) is 1.19. The first-order valence-corrected chi connectivity index (χ1v) is 6.58. The fourth-order valence-electron chi connectivity index (χ4n) is 2.87. The van der Waals surface area contributed by atoms with E-state index in [1.807, 2.05) is 30.1 Å². The Morgan fingerprint density at radius 2 is 2.21 bits per heavy atom. The van der Waals surface area contributed by atoms with Crippen molar-refractivity contribution < 1.29 is 9.59 Å². The van der Waals surface area contributed by atoms with Gasteiger partial charge in [-0.05, 0) is 18.6 Å². The van der Waals surface area contributed by atoms with Gasteiger partial charge in [0, 0.05) is 43.4 Å². The summed E-state index contributed by atoms with van der Waals surface area (Å²) in [5, 5.41) is 5.97. The highest BCUT2D eigenvalue weighted by molar-refractivity contribution is 6.00. The Labute approximate surface area is 112 Å². The molecule has 0 radical (unpaired) electrons. The summed E-state index contributed by atoms with van der Waals surface area (Å²) >= 11 is 0. The van der Waals surface area contributed by atoms with Crippen molar-refractivity contribution in [2.75, 3.05) is 18.9 Å². The molecule has 1 saturated heterocycles. The average Bonchev–Trinajstić information content (AvgIpc) is 2.77. The summed E-state index contributed by atoms with van der Waals surface area (Å²) in [5.41, 5.74) is 2.85. The first-order chi connectivity index (χ1) is 9.20. The molecule has 1 fully saturated rings. The third kappa shape index (κ3) is 1.95. The average molecular weight is 259 g/mol. The van der Waals surface area contributed by atoms with Crippen molar-refractivity contribution >= 4 is 17.5 Å². The van der Waals surface area contributed by atoms with Crippen molar-refractivity contribution in [3.05, 3.63) is 29.3 Å². The predicted octanol–water partition coefficient (Wildman–Crippen LogP) is 0.963. The van der Waals surface area contributed by atoms with E-state index in [1.165, 1.54) is 0 Å². The quantitative estimate of drug-likeness (QED) is 0.831. The molecule has 2 heterocycles. The van der Waals surface area contributed by atoms with Gasteiger partial charge >= 0.3 is 0 Å². The molecule has 5 nitrogen and oxygen atoms in total. The maximum absolute atomic E-state index is 12.4. The zero-order valence-corrected chi connectivity index (χ0v) is 10.9. The summed E-state index contributed by atoms with van der Waals surface area (Å²) in [6, 6.07) is 5.87. The molecule has 2 amide bonds. The van der Waals surface area contributed by atoms with Gasteiger partial charge in [-0.3, -0.25) is 9.59 Å². The molecule has 0 aliphatic carbocycles. The standard InChI is InChI=1S/C14H17N3O2/c1-15-12-4-2-3-10-11(12)8-17(14(10)19)9-5-6-13(18)16-7-9/h2-4,9,15H,5-8H2,1H3,(H,16,18). The first kappa shape index (κ1) is 12.0. The molecular formula is C14H17N3O2. The molecule has 1 unspecified atom stereocenters. The van der Waals surface area contributed by atoms with Crippen LogP contribution >= 0.6 is 0 Å². The van der Waals surface area contributed by atoms with Gasteiger partial charge in [0.2, 0.25) is 5.91 Å². The maximum Gasteiger partial charge on any atom is 0.254 e. The number of piperidine rings is 1. The minimum absolute atomic E-state index is 0.0771. The van der Waals surface area contributed by atoms with Gasteiger partial charge in [-0.1, -0.05) is 6.07 Å². The summed E-state index contributed by atoms with van der Waals surface area (Å²) in [4.78, 5) is 25.5. The molecule has 1 aromatic rings. The second-order valence-electron chi connectivity index (χ2n) is 5.01. The largest absolute Gasteiger partial charge is 0.388 e. The summed E-state index contributed by atoms with van der Waals surface area (Å²) in [7, 11) is 1.86. The maximum atomic E-state index is 12.4. The minimum Gasteiger partial charge on any atom is -0.388 e. The molecule has 1 aromatic carbocycles. The molecular weight excluding hydrogens is 242 g/mol. The normalized spacial score (nSPS) is 22.2. The fraction of sp³-hybridized carbons (Fsp3) is 0.429. The van der Waals surface area contributed by atoms with E-state index < -0.39 is 0 Å². The van der Waals surface area contributed by atoms with Crippen LogP contribution in [0.3, 0.4) is 0 Å². The molecule has 1 atom stereocenters. The van der Waals surface area contributed by atoms with Crippen LogP contribution in [-0.2, 0) is 11.3 Å². The van der Waals surface area contributed by atoms with Crippen molar-refractivity contribution in [1.82, 2.24) is 10.2 Å². The Morgan fingerprint density at radius 1 is 1.37 bits per heavy atom. The van der Waals surface area contributed by atoms with Gasteiger partial charge in [0.05, 0.1) is 6.04 Å². The topological polar surface area (TPSA) is 61.4 Å². The van der Waals surface area contributed by atoms with Gasteiger partial charge in [-0.2, -0.15) is 0 Å². The van der Waals surface area contributed by atoms with E-state index in [0.29, 0.717) is 19.5 Å². The minimum atomic E-state index is 0.0771.